The van der Waals surface area contributed by atoms with Crippen LogP contribution in [-0.2, 0) is 9.53 Å². The summed E-state index contributed by atoms with van der Waals surface area (Å²) in [5.74, 6) is -2.01. The second kappa shape index (κ2) is 10.3. The Bertz CT molecular complexity index is 789. The lowest BCUT2D eigenvalue weighted by Gasteiger charge is -2.21. The molecule has 0 heterocycles. The number of carbonyl (C=O) groups is 2. The molecule has 0 aromatic heterocycles. The number of aliphatic hydroxyl groups excluding tert-OH is 1. The number of benzene rings is 2. The molecule has 0 bridgehead atoms. The number of aliphatic carboxylic acids is 1. The van der Waals surface area contributed by atoms with E-state index in [1.807, 2.05) is 6.92 Å². The van der Waals surface area contributed by atoms with E-state index < -0.39 is 24.1 Å². The molecule has 0 spiro atoms. The van der Waals surface area contributed by atoms with Crippen molar-refractivity contribution in [2.75, 3.05) is 13.7 Å². The van der Waals surface area contributed by atoms with Crippen LogP contribution in [0.4, 0.5) is 4.79 Å². The summed E-state index contributed by atoms with van der Waals surface area (Å²) >= 11 is 0. The average Bonchev–Trinajstić information content (AvgIpc) is 2.69. The first-order valence-electron chi connectivity index (χ1n) is 8.96. The Morgan fingerprint density at radius 1 is 1.04 bits per heavy atom. The van der Waals surface area contributed by atoms with Gasteiger partial charge >= 0.3 is 12.1 Å². The summed E-state index contributed by atoms with van der Waals surface area (Å²) in [5.41, 5.74) is 0.793. The Kier molecular flexibility index (Phi) is 7.83. The normalized spacial score (nSPS) is 12.7. The van der Waals surface area contributed by atoms with Crippen LogP contribution in [0.15, 0.2) is 48.5 Å². The van der Waals surface area contributed by atoms with Crippen molar-refractivity contribution in [1.82, 2.24) is 0 Å². The van der Waals surface area contributed by atoms with Gasteiger partial charge in [0.15, 0.2) is 11.5 Å². The third-order valence-corrected chi connectivity index (χ3v) is 4.18. The van der Waals surface area contributed by atoms with E-state index in [9.17, 15) is 19.8 Å². The summed E-state index contributed by atoms with van der Waals surface area (Å²) in [5, 5.41) is 20.3. The van der Waals surface area contributed by atoms with Crippen LogP contribution in [0.1, 0.15) is 42.9 Å². The molecule has 7 heteroatoms. The van der Waals surface area contributed by atoms with Crippen LogP contribution in [0.2, 0.25) is 0 Å². The Balaban J connectivity index is 2.21. The zero-order valence-electron chi connectivity index (χ0n) is 15.8. The minimum atomic E-state index is -1.32. The Morgan fingerprint density at radius 2 is 1.75 bits per heavy atom. The Morgan fingerprint density at radius 3 is 2.36 bits per heavy atom. The fraction of sp³-hybridized carbons (Fsp3) is 0.333. The highest BCUT2D eigenvalue weighted by Gasteiger charge is 2.30. The fourth-order valence-corrected chi connectivity index (χ4v) is 2.68. The SMILES string of the molecule is CCCCOC(=O)Oc1ccc(C(O)C(C(=O)O)c2ccccc2)cc1OC. The lowest BCUT2D eigenvalue weighted by atomic mass is 9.89. The number of carboxylic acid groups (broad SMARTS) is 1. The van der Waals surface area contributed by atoms with Crippen LogP contribution in [0.5, 0.6) is 11.5 Å². The predicted octanol–water partition coefficient (Wildman–Crippen LogP) is 3.91. The zero-order valence-corrected chi connectivity index (χ0v) is 15.8. The molecule has 2 N–H and O–H groups in total. The van der Waals surface area contributed by atoms with Gasteiger partial charge in [-0.2, -0.15) is 0 Å². The van der Waals surface area contributed by atoms with Crippen molar-refractivity contribution in [2.24, 2.45) is 0 Å². The molecule has 28 heavy (non-hydrogen) atoms. The number of carbonyl (C=O) groups excluding carboxylic acids is 1. The first-order valence-corrected chi connectivity index (χ1v) is 8.96. The minimum Gasteiger partial charge on any atom is -0.493 e. The van der Waals surface area contributed by atoms with Crippen LogP contribution in [-0.4, -0.2) is 36.1 Å². The fourth-order valence-electron chi connectivity index (χ4n) is 2.68. The van der Waals surface area contributed by atoms with E-state index in [-0.39, 0.29) is 18.1 Å². The maximum Gasteiger partial charge on any atom is 0.513 e. The lowest BCUT2D eigenvalue weighted by Crippen LogP contribution is -2.20. The van der Waals surface area contributed by atoms with Gasteiger partial charge in [0.25, 0.3) is 0 Å². The molecular formula is C21H24O7. The first-order chi connectivity index (χ1) is 13.5. The number of methoxy groups -OCH3 is 1. The quantitative estimate of drug-likeness (QED) is 0.381. The van der Waals surface area contributed by atoms with Gasteiger partial charge in [0.1, 0.15) is 5.92 Å². The molecule has 2 unspecified atom stereocenters. The molecule has 0 aliphatic rings. The molecule has 0 fully saturated rings. The smallest absolute Gasteiger partial charge is 0.493 e. The second-order valence-corrected chi connectivity index (χ2v) is 6.14. The molecule has 150 valence electrons. The van der Waals surface area contributed by atoms with Gasteiger partial charge in [0.05, 0.1) is 19.8 Å². The molecule has 0 aliphatic carbocycles. The van der Waals surface area contributed by atoms with E-state index in [0.717, 1.165) is 12.8 Å². The van der Waals surface area contributed by atoms with Gasteiger partial charge in [0, 0.05) is 0 Å². The number of hydrogen-bond donors (Lipinski definition) is 2. The zero-order chi connectivity index (χ0) is 20.5. The minimum absolute atomic E-state index is 0.117. The van der Waals surface area contributed by atoms with E-state index in [1.165, 1.54) is 25.3 Å². The molecule has 2 aromatic rings. The van der Waals surface area contributed by atoms with Crippen molar-refractivity contribution in [3.8, 4) is 11.5 Å². The Hall–Kier alpha value is -3.06. The van der Waals surface area contributed by atoms with Crippen molar-refractivity contribution in [1.29, 1.82) is 0 Å². The van der Waals surface area contributed by atoms with Gasteiger partial charge in [-0.05, 0) is 29.7 Å². The third-order valence-electron chi connectivity index (χ3n) is 4.18. The molecule has 2 aromatic carbocycles. The summed E-state index contributed by atoms with van der Waals surface area (Å²) in [6, 6.07) is 12.8. The monoisotopic (exact) mass is 388 g/mol. The molecule has 7 nitrogen and oxygen atoms in total. The molecular weight excluding hydrogens is 364 g/mol. The number of carboxylic acids is 1. The Labute approximate surface area is 163 Å². The summed E-state index contributed by atoms with van der Waals surface area (Å²) in [4.78, 5) is 23.5. The maximum atomic E-state index is 11.7. The summed E-state index contributed by atoms with van der Waals surface area (Å²) in [7, 11) is 1.38. The van der Waals surface area contributed by atoms with Gasteiger partial charge in [0.2, 0.25) is 0 Å². The van der Waals surface area contributed by atoms with Crippen molar-refractivity contribution in [2.45, 2.75) is 31.8 Å². The number of rotatable bonds is 9. The van der Waals surface area contributed by atoms with Gasteiger partial charge < -0.3 is 24.4 Å². The predicted molar refractivity (Wildman–Crippen MR) is 102 cm³/mol. The van der Waals surface area contributed by atoms with Gasteiger partial charge in [-0.25, -0.2) is 4.79 Å². The van der Waals surface area contributed by atoms with Crippen LogP contribution >= 0.6 is 0 Å². The summed E-state index contributed by atoms with van der Waals surface area (Å²) in [6.07, 6.45) is -0.560. The number of aliphatic hydroxyl groups is 1. The third kappa shape index (κ3) is 5.47. The van der Waals surface area contributed by atoms with Crippen LogP contribution in [0.3, 0.4) is 0 Å². The highest BCUT2D eigenvalue weighted by Crippen LogP contribution is 2.36. The second-order valence-electron chi connectivity index (χ2n) is 6.14. The summed E-state index contributed by atoms with van der Waals surface area (Å²) < 4.78 is 15.3. The van der Waals surface area contributed by atoms with E-state index in [0.29, 0.717) is 11.1 Å². The average molecular weight is 388 g/mol. The molecule has 2 atom stereocenters. The van der Waals surface area contributed by atoms with Crippen molar-refractivity contribution < 1.29 is 34.0 Å². The van der Waals surface area contributed by atoms with Gasteiger partial charge in [-0.1, -0.05) is 49.7 Å². The molecule has 0 radical (unpaired) electrons. The number of hydrogen-bond acceptors (Lipinski definition) is 6. The van der Waals surface area contributed by atoms with Gasteiger partial charge in [-0.15, -0.1) is 0 Å². The first kappa shape index (κ1) is 21.2. The van der Waals surface area contributed by atoms with Crippen molar-refractivity contribution in [3.05, 3.63) is 59.7 Å². The standard InChI is InChI=1S/C21H24O7/c1-3-4-12-27-21(25)28-16-11-10-15(13-17(16)26-2)19(22)18(20(23)24)14-8-6-5-7-9-14/h5-11,13,18-19,22H,3-4,12H2,1-2H3,(H,23,24). The molecule has 0 saturated carbocycles. The van der Waals surface area contributed by atoms with Gasteiger partial charge in [-0.3, -0.25) is 4.79 Å². The number of ether oxygens (including phenoxy) is 3. The topological polar surface area (TPSA) is 102 Å². The number of unbranched alkanes of at least 4 members (excludes halogenated alkanes) is 1. The highest BCUT2D eigenvalue weighted by molar-refractivity contribution is 5.77. The largest absolute Gasteiger partial charge is 0.513 e. The summed E-state index contributed by atoms with van der Waals surface area (Å²) in [6.45, 7) is 2.23. The van der Waals surface area contributed by atoms with Crippen molar-refractivity contribution in [3.63, 3.8) is 0 Å². The van der Waals surface area contributed by atoms with E-state index >= 15 is 0 Å². The maximum absolute atomic E-state index is 11.7. The van der Waals surface area contributed by atoms with Crippen LogP contribution in [0.25, 0.3) is 0 Å². The van der Waals surface area contributed by atoms with Crippen LogP contribution < -0.4 is 9.47 Å². The molecule has 0 saturated heterocycles. The van der Waals surface area contributed by atoms with Crippen LogP contribution in [0, 0.1) is 0 Å². The van der Waals surface area contributed by atoms with E-state index in [2.05, 4.69) is 0 Å². The highest BCUT2D eigenvalue weighted by atomic mass is 16.7. The van der Waals surface area contributed by atoms with E-state index in [4.69, 9.17) is 14.2 Å². The molecule has 0 aliphatic heterocycles. The molecule has 2 rings (SSSR count). The van der Waals surface area contributed by atoms with E-state index in [1.54, 1.807) is 30.3 Å². The van der Waals surface area contributed by atoms with Crippen molar-refractivity contribution >= 4 is 12.1 Å². The molecule has 0 amide bonds. The lowest BCUT2D eigenvalue weighted by molar-refractivity contribution is -0.141.